The van der Waals surface area contributed by atoms with Crippen LogP contribution in [0.25, 0.3) is 0 Å². The third-order valence-corrected chi connectivity index (χ3v) is 4.65. The van der Waals surface area contributed by atoms with Crippen LogP contribution < -0.4 is 5.32 Å². The highest BCUT2D eigenvalue weighted by Crippen LogP contribution is 2.29. The van der Waals surface area contributed by atoms with E-state index >= 15 is 0 Å². The van der Waals surface area contributed by atoms with Crippen LogP contribution in [-0.4, -0.2) is 23.2 Å². The number of hydrogen-bond donors (Lipinski definition) is 1. The van der Waals surface area contributed by atoms with Crippen LogP contribution in [0.15, 0.2) is 30.3 Å². The van der Waals surface area contributed by atoms with E-state index in [1.54, 1.807) is 12.2 Å². The molecular formula is C17H27ClN2O. The van der Waals surface area contributed by atoms with Crippen molar-refractivity contribution in [3.05, 3.63) is 25.3 Å². The summed E-state index contributed by atoms with van der Waals surface area (Å²) < 4.78 is 0. The van der Waals surface area contributed by atoms with E-state index in [9.17, 15) is 4.79 Å². The van der Waals surface area contributed by atoms with Gasteiger partial charge >= 0.3 is 0 Å². The van der Waals surface area contributed by atoms with Gasteiger partial charge in [-0.1, -0.05) is 31.4 Å². The molecule has 2 unspecified atom stereocenters. The average molecular weight is 311 g/mol. The Bertz CT molecular complexity index is 384. The van der Waals surface area contributed by atoms with Crippen LogP contribution in [0.5, 0.6) is 0 Å². The summed E-state index contributed by atoms with van der Waals surface area (Å²) in [6.07, 6.45) is 11.9. The van der Waals surface area contributed by atoms with Crippen LogP contribution in [0.3, 0.4) is 0 Å². The van der Waals surface area contributed by atoms with Crippen LogP contribution in [0, 0.1) is 5.92 Å². The highest BCUT2D eigenvalue weighted by atomic mass is 35.5. The average Bonchev–Trinajstić information content (AvgIpc) is 2.44. The van der Waals surface area contributed by atoms with Crippen molar-refractivity contribution in [2.45, 2.75) is 62.9 Å². The second-order valence-corrected chi connectivity index (χ2v) is 6.26. The molecule has 3 nitrogen and oxygen atoms in total. The molecule has 4 heteroatoms. The lowest BCUT2D eigenvalue weighted by molar-refractivity contribution is -0.111. The van der Waals surface area contributed by atoms with Crippen LogP contribution in [0.2, 0.25) is 0 Å². The Morgan fingerprint density at radius 2 is 1.76 bits per heavy atom. The number of nitrogens with zero attached hydrogens (tertiary/aromatic N) is 1. The summed E-state index contributed by atoms with van der Waals surface area (Å²) in [5.41, 5.74) is 0.422. The minimum absolute atomic E-state index is 0.0556. The van der Waals surface area contributed by atoms with Gasteiger partial charge in [-0.2, -0.15) is 0 Å². The van der Waals surface area contributed by atoms with Crippen molar-refractivity contribution in [2.24, 2.45) is 10.9 Å². The fraction of sp³-hybridized carbons (Fsp3) is 0.647. The van der Waals surface area contributed by atoms with Crippen molar-refractivity contribution in [1.82, 2.24) is 5.32 Å². The molecule has 0 heterocycles. The molecule has 0 radical (unpaired) electrons. The molecule has 1 N–H and O–H groups in total. The zero-order valence-corrected chi connectivity index (χ0v) is 13.7. The molecule has 0 aromatic carbocycles. The van der Waals surface area contributed by atoms with Crippen molar-refractivity contribution in [3.8, 4) is 0 Å². The number of carbonyl (C=O) groups excluding carboxylic acids is 1. The number of hydrogen-bond acceptors (Lipinski definition) is 2. The SMILES string of the molecule is C=CC(Cl)C(C=C)/C(C)=N/C1(NC=O)CCCCCCC1. The zero-order chi connectivity index (χ0) is 15.7. The number of nitrogens with one attached hydrogen (secondary N) is 1. The Morgan fingerprint density at radius 3 is 2.24 bits per heavy atom. The highest BCUT2D eigenvalue weighted by Gasteiger charge is 2.30. The number of aliphatic imine (C=N–C) groups is 1. The van der Waals surface area contributed by atoms with Crippen molar-refractivity contribution < 1.29 is 4.79 Å². The van der Waals surface area contributed by atoms with Crippen LogP contribution in [0.4, 0.5) is 0 Å². The van der Waals surface area contributed by atoms with E-state index < -0.39 is 5.66 Å². The minimum atomic E-state index is -0.481. The first-order valence-electron chi connectivity index (χ1n) is 7.75. The van der Waals surface area contributed by atoms with Crippen molar-refractivity contribution in [3.63, 3.8) is 0 Å². The van der Waals surface area contributed by atoms with E-state index in [1.165, 1.54) is 19.3 Å². The molecule has 0 aromatic heterocycles. The van der Waals surface area contributed by atoms with E-state index in [2.05, 4.69) is 18.5 Å². The van der Waals surface area contributed by atoms with E-state index in [1.807, 2.05) is 6.92 Å². The van der Waals surface area contributed by atoms with Crippen molar-refractivity contribution in [2.75, 3.05) is 0 Å². The second-order valence-electron chi connectivity index (χ2n) is 5.76. The van der Waals surface area contributed by atoms with Gasteiger partial charge in [-0.3, -0.25) is 9.79 Å². The van der Waals surface area contributed by atoms with E-state index in [0.29, 0.717) is 0 Å². The lowest BCUT2D eigenvalue weighted by Gasteiger charge is -2.33. The number of amides is 1. The summed E-state index contributed by atoms with van der Waals surface area (Å²) in [5, 5.41) is 2.73. The minimum Gasteiger partial charge on any atom is -0.334 e. The van der Waals surface area contributed by atoms with Gasteiger partial charge in [0, 0.05) is 11.6 Å². The van der Waals surface area contributed by atoms with Crippen molar-refractivity contribution >= 4 is 23.7 Å². The predicted octanol–water partition coefficient (Wildman–Crippen LogP) is 4.23. The molecule has 1 aliphatic carbocycles. The zero-order valence-electron chi connectivity index (χ0n) is 13.0. The van der Waals surface area contributed by atoms with Gasteiger partial charge in [0.2, 0.25) is 6.41 Å². The van der Waals surface area contributed by atoms with Gasteiger partial charge in [0.15, 0.2) is 0 Å². The van der Waals surface area contributed by atoms with Gasteiger partial charge in [-0.25, -0.2) is 0 Å². The number of carbonyl (C=O) groups is 1. The number of rotatable bonds is 7. The summed E-state index contributed by atoms with van der Waals surface area (Å²) in [4.78, 5) is 15.9. The van der Waals surface area contributed by atoms with Gasteiger partial charge in [-0.15, -0.1) is 24.8 Å². The van der Waals surface area contributed by atoms with Crippen LogP contribution >= 0.6 is 11.6 Å². The molecule has 21 heavy (non-hydrogen) atoms. The molecule has 0 aromatic rings. The standard InChI is InChI=1S/C17H27ClN2O/c1-4-15(16(18)5-2)14(3)20-17(19-13-21)11-9-7-6-8-10-12-17/h4-5,13,15-16H,1-2,6-12H2,3H3,(H,19,21)/b20-14+. The molecule has 2 atom stereocenters. The molecule has 1 aliphatic rings. The second kappa shape index (κ2) is 9.04. The molecular weight excluding hydrogens is 284 g/mol. The molecule has 118 valence electrons. The molecule has 1 fully saturated rings. The molecule has 0 spiro atoms. The summed E-state index contributed by atoms with van der Waals surface area (Å²) in [6, 6.07) is 0. The van der Waals surface area contributed by atoms with Crippen molar-refractivity contribution in [1.29, 1.82) is 0 Å². The monoisotopic (exact) mass is 310 g/mol. The number of halogens is 1. The third kappa shape index (κ3) is 5.31. The maximum Gasteiger partial charge on any atom is 0.208 e. The maximum atomic E-state index is 11.0. The summed E-state index contributed by atoms with van der Waals surface area (Å²) in [5.74, 6) is -0.0556. The fourth-order valence-electron chi connectivity index (χ4n) is 2.98. The maximum absolute atomic E-state index is 11.0. The van der Waals surface area contributed by atoms with E-state index in [0.717, 1.165) is 37.8 Å². The number of allylic oxidation sites excluding steroid dienone is 2. The largest absolute Gasteiger partial charge is 0.334 e. The van der Waals surface area contributed by atoms with E-state index in [-0.39, 0.29) is 11.3 Å². The highest BCUT2D eigenvalue weighted by molar-refractivity contribution is 6.23. The first kappa shape index (κ1) is 18.0. The van der Waals surface area contributed by atoms with E-state index in [4.69, 9.17) is 16.6 Å². The Balaban J connectivity index is 3.01. The lowest BCUT2D eigenvalue weighted by atomic mass is 9.90. The fourth-order valence-corrected chi connectivity index (χ4v) is 3.26. The topological polar surface area (TPSA) is 41.5 Å². The van der Waals surface area contributed by atoms with Crippen LogP contribution in [0.1, 0.15) is 51.9 Å². The molecule has 0 bridgehead atoms. The molecule has 1 saturated carbocycles. The molecule has 0 saturated heterocycles. The first-order valence-corrected chi connectivity index (χ1v) is 8.19. The Morgan fingerprint density at radius 1 is 1.19 bits per heavy atom. The van der Waals surface area contributed by atoms with Gasteiger partial charge in [0.1, 0.15) is 5.66 Å². The summed E-state index contributed by atoms with van der Waals surface area (Å²) in [7, 11) is 0. The Labute approximate surface area is 133 Å². The van der Waals surface area contributed by atoms with Gasteiger partial charge in [0.25, 0.3) is 0 Å². The predicted molar refractivity (Wildman–Crippen MR) is 90.9 cm³/mol. The van der Waals surface area contributed by atoms with Crippen LogP contribution in [-0.2, 0) is 4.79 Å². The molecule has 1 rings (SSSR count). The Hall–Kier alpha value is -1.09. The third-order valence-electron chi connectivity index (χ3n) is 4.20. The smallest absolute Gasteiger partial charge is 0.208 e. The van der Waals surface area contributed by atoms with Gasteiger partial charge in [-0.05, 0) is 32.6 Å². The molecule has 1 amide bonds. The normalized spacial score (nSPS) is 22.3. The Kier molecular flexibility index (Phi) is 7.73. The van der Waals surface area contributed by atoms with Gasteiger partial charge < -0.3 is 5.32 Å². The lowest BCUT2D eigenvalue weighted by Crippen LogP contribution is -2.44. The summed E-state index contributed by atoms with van der Waals surface area (Å²) in [6.45, 7) is 9.53. The number of alkyl halides is 1. The quantitative estimate of drug-likeness (QED) is 0.325. The summed E-state index contributed by atoms with van der Waals surface area (Å²) >= 11 is 6.26. The molecule has 0 aliphatic heterocycles. The first-order chi connectivity index (χ1) is 10.1. The van der Waals surface area contributed by atoms with Gasteiger partial charge in [0.05, 0.1) is 5.38 Å².